The molecule has 2 aromatic carbocycles. The summed E-state index contributed by atoms with van der Waals surface area (Å²) in [5, 5.41) is 9.88. The number of nitrogens with zero attached hydrogens (tertiary/aromatic N) is 6. The zero-order valence-electron chi connectivity index (χ0n) is 18.9. The molecule has 0 aliphatic rings. The minimum absolute atomic E-state index is 0.0123. The van der Waals surface area contributed by atoms with Gasteiger partial charge in [-0.05, 0) is 30.2 Å². The third kappa shape index (κ3) is 3.34. The molecule has 0 saturated carbocycles. The van der Waals surface area contributed by atoms with Gasteiger partial charge >= 0.3 is 0 Å². The summed E-state index contributed by atoms with van der Waals surface area (Å²) in [6.07, 6.45) is 5.65. The Hall–Kier alpha value is -4.36. The molecule has 166 valence electrons. The van der Waals surface area contributed by atoms with Crippen molar-refractivity contribution in [2.75, 3.05) is 0 Å². The third-order valence-corrected chi connectivity index (χ3v) is 6.10. The van der Waals surface area contributed by atoms with Crippen molar-refractivity contribution in [1.29, 1.82) is 0 Å². The van der Waals surface area contributed by atoms with Crippen LogP contribution < -0.4 is 5.73 Å². The standard InChI is InChI=1S/C27H23N7/c1-17(28)18-8-10-20(11-9-18)25-21(19-6-4-3-5-7-19)14-22-23(30-25)12-13-34-26(22)31-32-27(34)24-15-33(2)16-29-24/h3-17H,28H2,1-2H3/t17-/m1/s1. The Morgan fingerprint density at radius 1 is 0.912 bits per heavy atom. The summed E-state index contributed by atoms with van der Waals surface area (Å²) in [5.41, 5.74) is 13.6. The van der Waals surface area contributed by atoms with Crippen LogP contribution in [-0.2, 0) is 7.05 Å². The molecule has 4 aromatic heterocycles. The lowest BCUT2D eigenvalue weighted by atomic mass is 9.96. The highest BCUT2D eigenvalue weighted by Crippen LogP contribution is 2.35. The van der Waals surface area contributed by atoms with Crippen LogP contribution in [0.15, 0.2) is 85.5 Å². The minimum atomic E-state index is -0.0123. The predicted octanol–water partition coefficient (Wildman–Crippen LogP) is 5.03. The SMILES string of the molecule is C[C@@H](N)c1ccc(-c2nc3ccn4c(-c5cn(C)cn5)nnc4c3cc2-c2ccccc2)cc1. The van der Waals surface area contributed by atoms with Gasteiger partial charge in [-0.1, -0.05) is 54.6 Å². The summed E-state index contributed by atoms with van der Waals surface area (Å²) in [7, 11) is 1.94. The Morgan fingerprint density at radius 3 is 2.41 bits per heavy atom. The summed E-state index contributed by atoms with van der Waals surface area (Å²) in [6, 6.07) is 22.8. The smallest absolute Gasteiger partial charge is 0.188 e. The van der Waals surface area contributed by atoms with Crippen LogP contribution in [-0.4, -0.2) is 29.1 Å². The van der Waals surface area contributed by atoms with Gasteiger partial charge < -0.3 is 10.3 Å². The van der Waals surface area contributed by atoms with Gasteiger partial charge in [-0.3, -0.25) is 4.40 Å². The maximum atomic E-state index is 6.06. The molecule has 0 amide bonds. The lowest BCUT2D eigenvalue weighted by molar-refractivity contribution is 0.818. The van der Waals surface area contributed by atoms with Crippen LogP contribution in [0.25, 0.3) is 50.5 Å². The Balaban J connectivity index is 1.60. The van der Waals surface area contributed by atoms with Crippen LogP contribution in [0.2, 0.25) is 0 Å². The van der Waals surface area contributed by atoms with E-state index >= 15 is 0 Å². The average Bonchev–Trinajstić information content (AvgIpc) is 3.50. The fourth-order valence-electron chi connectivity index (χ4n) is 4.30. The predicted molar refractivity (Wildman–Crippen MR) is 134 cm³/mol. The molecule has 4 heterocycles. The first kappa shape index (κ1) is 20.3. The van der Waals surface area contributed by atoms with Gasteiger partial charge in [0.2, 0.25) is 0 Å². The van der Waals surface area contributed by atoms with Crippen molar-refractivity contribution in [2.24, 2.45) is 12.8 Å². The first-order valence-electron chi connectivity index (χ1n) is 11.2. The average molecular weight is 446 g/mol. The Bertz CT molecular complexity index is 1630. The monoisotopic (exact) mass is 445 g/mol. The quantitative estimate of drug-likeness (QED) is 0.411. The second-order valence-electron chi connectivity index (χ2n) is 8.55. The molecule has 0 radical (unpaired) electrons. The van der Waals surface area contributed by atoms with E-state index in [2.05, 4.69) is 57.6 Å². The molecule has 0 saturated heterocycles. The summed E-state index contributed by atoms with van der Waals surface area (Å²) in [4.78, 5) is 9.54. The number of hydrogen-bond acceptors (Lipinski definition) is 5. The van der Waals surface area contributed by atoms with Crippen LogP contribution in [0.1, 0.15) is 18.5 Å². The van der Waals surface area contributed by atoms with Crippen molar-refractivity contribution in [2.45, 2.75) is 13.0 Å². The van der Waals surface area contributed by atoms with E-state index in [1.165, 1.54) is 0 Å². The van der Waals surface area contributed by atoms with Crippen LogP contribution in [0, 0.1) is 0 Å². The fourth-order valence-corrected chi connectivity index (χ4v) is 4.30. The normalized spacial score (nSPS) is 12.4. The second kappa shape index (κ2) is 7.90. The number of rotatable bonds is 4. The fraction of sp³-hybridized carbons (Fsp3) is 0.111. The molecule has 0 aliphatic carbocycles. The van der Waals surface area contributed by atoms with Crippen molar-refractivity contribution in [3.63, 3.8) is 0 Å². The zero-order chi connectivity index (χ0) is 23.2. The molecule has 0 fully saturated rings. The summed E-state index contributed by atoms with van der Waals surface area (Å²) >= 11 is 0. The number of aromatic nitrogens is 6. The largest absolute Gasteiger partial charge is 0.340 e. The number of aryl methyl sites for hydroxylation is 1. The lowest BCUT2D eigenvalue weighted by Crippen LogP contribution is -2.04. The molecular weight excluding hydrogens is 422 g/mol. The van der Waals surface area contributed by atoms with Crippen molar-refractivity contribution in [3.8, 4) is 33.9 Å². The highest BCUT2D eigenvalue weighted by molar-refractivity contribution is 5.98. The Morgan fingerprint density at radius 2 is 1.71 bits per heavy atom. The van der Waals surface area contributed by atoms with Gasteiger partial charge in [0.15, 0.2) is 11.5 Å². The van der Waals surface area contributed by atoms with E-state index in [9.17, 15) is 0 Å². The Kier molecular flexibility index (Phi) is 4.71. The molecule has 7 nitrogen and oxygen atoms in total. The molecule has 6 aromatic rings. The highest BCUT2D eigenvalue weighted by Gasteiger charge is 2.17. The molecule has 0 unspecified atom stereocenters. The van der Waals surface area contributed by atoms with Gasteiger partial charge in [-0.25, -0.2) is 9.97 Å². The number of hydrogen-bond donors (Lipinski definition) is 1. The van der Waals surface area contributed by atoms with Crippen molar-refractivity contribution >= 4 is 16.6 Å². The lowest BCUT2D eigenvalue weighted by Gasteiger charge is -2.13. The van der Waals surface area contributed by atoms with Gasteiger partial charge in [-0.2, -0.15) is 0 Å². The minimum Gasteiger partial charge on any atom is -0.340 e. The van der Waals surface area contributed by atoms with Crippen LogP contribution in [0.5, 0.6) is 0 Å². The molecule has 2 N–H and O–H groups in total. The zero-order valence-corrected chi connectivity index (χ0v) is 18.9. The molecule has 34 heavy (non-hydrogen) atoms. The van der Waals surface area contributed by atoms with Gasteiger partial charge in [0.1, 0.15) is 5.69 Å². The van der Waals surface area contributed by atoms with Gasteiger partial charge in [0.25, 0.3) is 0 Å². The van der Waals surface area contributed by atoms with Gasteiger partial charge in [0.05, 0.1) is 17.5 Å². The molecule has 7 heteroatoms. The van der Waals surface area contributed by atoms with Crippen LogP contribution in [0.4, 0.5) is 0 Å². The van der Waals surface area contributed by atoms with Crippen LogP contribution >= 0.6 is 0 Å². The molecule has 0 aliphatic heterocycles. The van der Waals surface area contributed by atoms with Crippen molar-refractivity contribution in [3.05, 3.63) is 91.0 Å². The van der Waals surface area contributed by atoms with E-state index in [1.807, 2.05) is 59.6 Å². The number of pyridine rings is 2. The molecule has 0 bridgehead atoms. The molecule has 1 atom stereocenters. The van der Waals surface area contributed by atoms with Gasteiger partial charge in [0, 0.05) is 42.0 Å². The second-order valence-corrected chi connectivity index (χ2v) is 8.55. The number of nitrogens with two attached hydrogens (primary N) is 1. The Labute approximate surface area is 196 Å². The maximum Gasteiger partial charge on any atom is 0.188 e. The van der Waals surface area contributed by atoms with E-state index in [1.54, 1.807) is 6.33 Å². The first-order valence-corrected chi connectivity index (χ1v) is 11.2. The van der Waals surface area contributed by atoms with E-state index in [0.717, 1.165) is 50.2 Å². The molecule has 6 rings (SSSR count). The summed E-state index contributed by atoms with van der Waals surface area (Å²) in [5.74, 6) is 0.703. The summed E-state index contributed by atoms with van der Waals surface area (Å²) < 4.78 is 3.87. The third-order valence-electron chi connectivity index (χ3n) is 6.10. The first-order chi connectivity index (χ1) is 16.6. The summed E-state index contributed by atoms with van der Waals surface area (Å²) in [6.45, 7) is 1.99. The van der Waals surface area contributed by atoms with Crippen molar-refractivity contribution < 1.29 is 0 Å². The number of imidazole rings is 1. The molecular formula is C27H23N7. The van der Waals surface area contributed by atoms with E-state index < -0.39 is 0 Å². The topological polar surface area (TPSA) is 86.9 Å². The van der Waals surface area contributed by atoms with E-state index in [0.29, 0.717) is 5.82 Å². The van der Waals surface area contributed by atoms with E-state index in [4.69, 9.17) is 10.7 Å². The number of benzene rings is 2. The molecule has 0 spiro atoms. The highest BCUT2D eigenvalue weighted by atomic mass is 15.3. The van der Waals surface area contributed by atoms with Gasteiger partial charge in [-0.15, -0.1) is 10.2 Å². The van der Waals surface area contributed by atoms with Crippen molar-refractivity contribution in [1.82, 2.24) is 29.1 Å². The van der Waals surface area contributed by atoms with E-state index in [-0.39, 0.29) is 6.04 Å². The van der Waals surface area contributed by atoms with Crippen LogP contribution in [0.3, 0.4) is 0 Å². The maximum absolute atomic E-state index is 6.06. The number of fused-ring (bicyclic) bond motifs is 3.